The van der Waals surface area contributed by atoms with Crippen LogP contribution in [0.15, 0.2) is 24.5 Å². The van der Waals surface area contributed by atoms with Gasteiger partial charge in [0.1, 0.15) is 12.1 Å². The van der Waals surface area contributed by atoms with Crippen molar-refractivity contribution in [3.05, 3.63) is 24.5 Å². The van der Waals surface area contributed by atoms with E-state index in [2.05, 4.69) is 22.2 Å². The molecule has 0 unspecified atom stereocenters. The molecule has 3 N–H and O–H groups in total. The number of nitrogens with one attached hydrogen (secondary N) is 1. The Bertz CT molecular complexity index is 560. The quantitative estimate of drug-likeness (QED) is 0.775. The van der Waals surface area contributed by atoms with Crippen LogP contribution in [0.5, 0.6) is 0 Å². The second kappa shape index (κ2) is 3.58. The molecular weight excluding hydrogens is 212 g/mol. The van der Waals surface area contributed by atoms with Crippen molar-refractivity contribution in [2.45, 2.75) is 31.7 Å². The molecule has 0 atom stereocenters. The summed E-state index contributed by atoms with van der Waals surface area (Å²) in [7, 11) is 0. The Labute approximate surface area is 100 Å². The molecule has 1 saturated carbocycles. The fraction of sp³-hybridized carbons (Fsp3) is 0.385. The number of benzene rings is 1. The lowest BCUT2D eigenvalue weighted by Crippen LogP contribution is -2.41. The van der Waals surface area contributed by atoms with Crippen LogP contribution in [0.1, 0.15) is 26.2 Å². The van der Waals surface area contributed by atoms with Crippen molar-refractivity contribution in [3.8, 4) is 0 Å². The molecule has 0 amide bonds. The molecular formula is C13H16N4. The van der Waals surface area contributed by atoms with Gasteiger partial charge in [-0.3, -0.25) is 0 Å². The number of nitrogen functional groups attached to an aromatic ring is 1. The molecule has 1 aromatic carbocycles. The summed E-state index contributed by atoms with van der Waals surface area (Å²) in [6.07, 6.45) is 5.28. The normalized spacial score (nSPS) is 17.7. The summed E-state index contributed by atoms with van der Waals surface area (Å²) in [5.41, 5.74) is 7.58. The predicted molar refractivity (Wildman–Crippen MR) is 69.8 cm³/mol. The predicted octanol–water partition coefficient (Wildman–Crippen LogP) is 2.57. The van der Waals surface area contributed by atoms with Crippen LogP contribution in [0, 0.1) is 0 Å². The van der Waals surface area contributed by atoms with Crippen LogP contribution >= 0.6 is 0 Å². The van der Waals surface area contributed by atoms with Crippen LogP contribution < -0.4 is 11.1 Å². The molecule has 0 spiro atoms. The Kier molecular flexibility index (Phi) is 2.18. The van der Waals surface area contributed by atoms with Gasteiger partial charge in [0.25, 0.3) is 0 Å². The summed E-state index contributed by atoms with van der Waals surface area (Å²) in [6, 6.07) is 5.75. The molecule has 1 aliphatic carbocycles. The summed E-state index contributed by atoms with van der Waals surface area (Å²) in [4.78, 5) is 8.59. The molecule has 2 aromatic rings. The minimum absolute atomic E-state index is 0.197. The van der Waals surface area contributed by atoms with E-state index in [1.54, 1.807) is 6.33 Å². The van der Waals surface area contributed by atoms with Crippen molar-refractivity contribution in [1.29, 1.82) is 0 Å². The van der Waals surface area contributed by atoms with Crippen molar-refractivity contribution >= 4 is 22.4 Å². The van der Waals surface area contributed by atoms with Crippen LogP contribution in [0.25, 0.3) is 10.9 Å². The van der Waals surface area contributed by atoms with Gasteiger partial charge in [0, 0.05) is 16.6 Å². The third-order valence-corrected chi connectivity index (χ3v) is 3.54. The largest absolute Gasteiger partial charge is 0.399 e. The van der Waals surface area contributed by atoms with E-state index in [0.717, 1.165) is 22.4 Å². The number of nitrogens with zero attached hydrogens (tertiary/aromatic N) is 2. The van der Waals surface area contributed by atoms with Crippen molar-refractivity contribution in [3.63, 3.8) is 0 Å². The highest BCUT2D eigenvalue weighted by atomic mass is 15.1. The monoisotopic (exact) mass is 228 g/mol. The van der Waals surface area contributed by atoms with Gasteiger partial charge in [-0.1, -0.05) is 0 Å². The highest BCUT2D eigenvalue weighted by Gasteiger charge is 2.32. The molecule has 3 rings (SSSR count). The van der Waals surface area contributed by atoms with E-state index >= 15 is 0 Å². The Morgan fingerprint density at radius 1 is 1.29 bits per heavy atom. The van der Waals surface area contributed by atoms with E-state index in [4.69, 9.17) is 5.73 Å². The standard InChI is InChI=1S/C13H16N4/c1-13(5-2-6-13)17-12-10-4-3-9(14)7-11(10)15-8-16-12/h3-4,7-8H,2,5-6,14H2,1H3,(H,15,16,17). The minimum Gasteiger partial charge on any atom is -0.399 e. The zero-order chi connectivity index (χ0) is 11.9. The van der Waals surface area contributed by atoms with Crippen LogP contribution in [0.4, 0.5) is 11.5 Å². The second-order valence-corrected chi connectivity index (χ2v) is 5.04. The van der Waals surface area contributed by atoms with Crippen molar-refractivity contribution in [1.82, 2.24) is 9.97 Å². The molecule has 17 heavy (non-hydrogen) atoms. The van der Waals surface area contributed by atoms with Crippen LogP contribution in [-0.2, 0) is 0 Å². The molecule has 0 radical (unpaired) electrons. The maximum absolute atomic E-state index is 5.76. The molecule has 1 aromatic heterocycles. The number of nitrogens with two attached hydrogens (primary N) is 1. The molecule has 4 heteroatoms. The van der Waals surface area contributed by atoms with Gasteiger partial charge >= 0.3 is 0 Å². The number of hydrogen-bond donors (Lipinski definition) is 2. The van der Waals surface area contributed by atoms with Gasteiger partial charge < -0.3 is 11.1 Å². The number of rotatable bonds is 2. The summed E-state index contributed by atoms with van der Waals surface area (Å²) >= 11 is 0. The summed E-state index contributed by atoms with van der Waals surface area (Å²) in [6.45, 7) is 2.24. The fourth-order valence-corrected chi connectivity index (χ4v) is 2.29. The summed E-state index contributed by atoms with van der Waals surface area (Å²) in [5, 5.41) is 4.56. The van der Waals surface area contributed by atoms with Crippen molar-refractivity contribution in [2.75, 3.05) is 11.1 Å². The highest BCUT2D eigenvalue weighted by molar-refractivity contribution is 5.90. The topological polar surface area (TPSA) is 63.8 Å². The molecule has 88 valence electrons. The van der Waals surface area contributed by atoms with Crippen molar-refractivity contribution < 1.29 is 0 Å². The summed E-state index contributed by atoms with van der Waals surface area (Å²) in [5.74, 6) is 0.914. The van der Waals surface area contributed by atoms with Gasteiger partial charge in [-0.15, -0.1) is 0 Å². The molecule has 1 fully saturated rings. The smallest absolute Gasteiger partial charge is 0.137 e. The zero-order valence-electron chi connectivity index (χ0n) is 9.90. The third-order valence-electron chi connectivity index (χ3n) is 3.54. The van der Waals surface area contributed by atoms with Gasteiger partial charge in [-0.05, 0) is 44.4 Å². The Hall–Kier alpha value is -1.84. The molecule has 0 saturated heterocycles. The molecule has 1 heterocycles. The molecule has 1 aliphatic rings. The van der Waals surface area contributed by atoms with E-state index in [0.29, 0.717) is 0 Å². The van der Waals surface area contributed by atoms with Crippen molar-refractivity contribution in [2.24, 2.45) is 0 Å². The van der Waals surface area contributed by atoms with E-state index in [-0.39, 0.29) is 5.54 Å². The number of fused-ring (bicyclic) bond motifs is 1. The van der Waals surface area contributed by atoms with E-state index in [9.17, 15) is 0 Å². The number of anilines is 2. The second-order valence-electron chi connectivity index (χ2n) is 5.04. The first kappa shape index (κ1) is 10.3. The molecule has 0 bridgehead atoms. The van der Waals surface area contributed by atoms with Gasteiger partial charge in [0.2, 0.25) is 0 Å². The van der Waals surface area contributed by atoms with Gasteiger partial charge in [-0.25, -0.2) is 9.97 Å². The molecule has 4 nitrogen and oxygen atoms in total. The highest BCUT2D eigenvalue weighted by Crippen LogP contribution is 2.35. The lowest BCUT2D eigenvalue weighted by molar-refractivity contribution is 0.306. The summed E-state index contributed by atoms with van der Waals surface area (Å²) < 4.78 is 0. The number of hydrogen-bond acceptors (Lipinski definition) is 4. The maximum atomic E-state index is 5.76. The minimum atomic E-state index is 0.197. The zero-order valence-corrected chi connectivity index (χ0v) is 9.90. The van der Waals surface area contributed by atoms with Gasteiger partial charge in [-0.2, -0.15) is 0 Å². The Balaban J connectivity index is 2.04. The van der Waals surface area contributed by atoms with Crippen LogP contribution in [0.3, 0.4) is 0 Å². The van der Waals surface area contributed by atoms with E-state index in [1.165, 1.54) is 19.3 Å². The third kappa shape index (κ3) is 1.79. The van der Waals surface area contributed by atoms with Crippen LogP contribution in [0.2, 0.25) is 0 Å². The Morgan fingerprint density at radius 2 is 2.12 bits per heavy atom. The average molecular weight is 228 g/mol. The average Bonchev–Trinajstić information content (AvgIpc) is 2.27. The van der Waals surface area contributed by atoms with E-state index < -0.39 is 0 Å². The van der Waals surface area contributed by atoms with Crippen LogP contribution in [-0.4, -0.2) is 15.5 Å². The molecule has 0 aliphatic heterocycles. The fourth-order valence-electron chi connectivity index (χ4n) is 2.29. The van der Waals surface area contributed by atoms with Gasteiger partial charge in [0.05, 0.1) is 5.52 Å². The first-order valence-electron chi connectivity index (χ1n) is 5.95. The SMILES string of the molecule is CC1(Nc2ncnc3cc(N)ccc23)CCC1. The lowest BCUT2D eigenvalue weighted by atomic mass is 9.78. The number of aromatic nitrogens is 2. The van der Waals surface area contributed by atoms with Gasteiger partial charge in [0.15, 0.2) is 0 Å². The lowest BCUT2D eigenvalue weighted by Gasteiger charge is -2.39. The Morgan fingerprint density at radius 3 is 2.82 bits per heavy atom. The van der Waals surface area contributed by atoms with E-state index in [1.807, 2.05) is 18.2 Å². The first-order chi connectivity index (χ1) is 8.16. The maximum Gasteiger partial charge on any atom is 0.137 e. The first-order valence-corrected chi connectivity index (χ1v) is 5.95.